The molecule has 0 aliphatic rings. The lowest BCUT2D eigenvalue weighted by Gasteiger charge is -2.16. The zero-order valence-corrected chi connectivity index (χ0v) is 10.3. The molecule has 2 aromatic rings. The fourth-order valence-corrected chi connectivity index (χ4v) is 1.62. The molecule has 20 heavy (non-hydrogen) atoms. The standard InChI is InChI=1S/C12H9F4N3O/c1-19(5-8-17-2-3-18-8)12(20)6-4-7(13)10(15)11(16)9(6)14/h2-4H,5H2,1H3,(H,17,18). The summed E-state index contributed by atoms with van der Waals surface area (Å²) in [4.78, 5) is 19.5. The Morgan fingerprint density at radius 1 is 1.25 bits per heavy atom. The maximum atomic E-state index is 13.5. The summed E-state index contributed by atoms with van der Waals surface area (Å²) >= 11 is 0. The van der Waals surface area contributed by atoms with Gasteiger partial charge in [0.05, 0.1) is 12.1 Å². The second-order valence-corrected chi connectivity index (χ2v) is 4.04. The van der Waals surface area contributed by atoms with E-state index in [0.29, 0.717) is 11.9 Å². The third-order valence-electron chi connectivity index (χ3n) is 2.62. The van der Waals surface area contributed by atoms with Crippen LogP contribution in [0.5, 0.6) is 0 Å². The van der Waals surface area contributed by atoms with Crippen molar-refractivity contribution in [3.05, 3.63) is 53.1 Å². The predicted octanol–water partition coefficient (Wildman–Crippen LogP) is 2.24. The minimum Gasteiger partial charge on any atom is -0.347 e. The van der Waals surface area contributed by atoms with Crippen molar-refractivity contribution in [1.82, 2.24) is 14.9 Å². The van der Waals surface area contributed by atoms with Crippen LogP contribution in [0.4, 0.5) is 17.6 Å². The second-order valence-electron chi connectivity index (χ2n) is 4.04. The van der Waals surface area contributed by atoms with Gasteiger partial charge in [0.2, 0.25) is 0 Å². The Balaban J connectivity index is 2.29. The molecule has 1 N–H and O–H groups in total. The van der Waals surface area contributed by atoms with Gasteiger partial charge in [0.1, 0.15) is 5.82 Å². The number of hydrogen-bond donors (Lipinski definition) is 1. The highest BCUT2D eigenvalue weighted by atomic mass is 19.2. The zero-order chi connectivity index (χ0) is 14.9. The summed E-state index contributed by atoms with van der Waals surface area (Å²) in [7, 11) is 1.30. The van der Waals surface area contributed by atoms with Gasteiger partial charge in [-0.3, -0.25) is 4.79 Å². The molecule has 1 aromatic heterocycles. The highest BCUT2D eigenvalue weighted by molar-refractivity contribution is 5.94. The van der Waals surface area contributed by atoms with E-state index < -0.39 is 34.7 Å². The molecule has 0 unspecified atom stereocenters. The number of hydrogen-bond acceptors (Lipinski definition) is 2. The first-order chi connectivity index (χ1) is 9.41. The Bertz CT molecular complexity index is 643. The fraction of sp³-hybridized carbons (Fsp3) is 0.167. The first-order valence-electron chi connectivity index (χ1n) is 5.48. The van der Waals surface area contributed by atoms with Gasteiger partial charge >= 0.3 is 0 Å². The summed E-state index contributed by atoms with van der Waals surface area (Å²) in [6.07, 6.45) is 2.97. The monoisotopic (exact) mass is 287 g/mol. The Hall–Kier alpha value is -2.38. The number of benzene rings is 1. The number of H-pyrrole nitrogens is 1. The van der Waals surface area contributed by atoms with Gasteiger partial charge in [-0.05, 0) is 6.07 Å². The molecular weight excluding hydrogens is 278 g/mol. The normalized spacial score (nSPS) is 10.7. The molecule has 106 valence electrons. The predicted molar refractivity (Wildman–Crippen MR) is 60.7 cm³/mol. The summed E-state index contributed by atoms with van der Waals surface area (Å²) in [5.41, 5.74) is -0.879. The molecular formula is C12H9F4N3O. The van der Waals surface area contributed by atoms with E-state index in [-0.39, 0.29) is 6.54 Å². The van der Waals surface area contributed by atoms with Gasteiger partial charge in [0, 0.05) is 19.4 Å². The first-order valence-corrected chi connectivity index (χ1v) is 5.48. The van der Waals surface area contributed by atoms with Crippen LogP contribution in [0.1, 0.15) is 16.2 Å². The van der Waals surface area contributed by atoms with Crippen molar-refractivity contribution < 1.29 is 22.4 Å². The molecule has 0 bridgehead atoms. The molecule has 1 amide bonds. The van der Waals surface area contributed by atoms with Crippen molar-refractivity contribution in [2.24, 2.45) is 0 Å². The van der Waals surface area contributed by atoms with Gasteiger partial charge in [-0.15, -0.1) is 0 Å². The highest BCUT2D eigenvalue weighted by Gasteiger charge is 2.25. The molecule has 0 aliphatic carbocycles. The average molecular weight is 287 g/mol. The van der Waals surface area contributed by atoms with E-state index in [2.05, 4.69) is 9.97 Å². The molecule has 8 heteroatoms. The number of carbonyl (C=O) groups is 1. The van der Waals surface area contributed by atoms with Crippen LogP contribution in [0.25, 0.3) is 0 Å². The maximum absolute atomic E-state index is 13.5. The average Bonchev–Trinajstić information content (AvgIpc) is 2.92. The molecule has 0 radical (unpaired) electrons. The minimum atomic E-state index is -2.01. The number of nitrogens with zero attached hydrogens (tertiary/aromatic N) is 2. The molecule has 1 aromatic carbocycles. The fourth-order valence-electron chi connectivity index (χ4n) is 1.62. The van der Waals surface area contributed by atoms with Crippen LogP contribution in [0, 0.1) is 23.3 Å². The Labute approximate surface area is 111 Å². The smallest absolute Gasteiger partial charge is 0.257 e. The Kier molecular flexibility index (Phi) is 3.73. The Morgan fingerprint density at radius 2 is 1.95 bits per heavy atom. The zero-order valence-electron chi connectivity index (χ0n) is 10.3. The van der Waals surface area contributed by atoms with E-state index in [4.69, 9.17) is 0 Å². The molecule has 0 spiro atoms. The SMILES string of the molecule is CN(Cc1ncc[nH]1)C(=O)c1cc(F)c(F)c(F)c1F. The van der Waals surface area contributed by atoms with Crippen LogP contribution >= 0.6 is 0 Å². The number of carbonyl (C=O) groups excluding carboxylic acids is 1. The third-order valence-corrected chi connectivity index (χ3v) is 2.62. The van der Waals surface area contributed by atoms with Crippen molar-refractivity contribution in [3.8, 4) is 0 Å². The quantitative estimate of drug-likeness (QED) is 0.534. The molecule has 1 heterocycles. The van der Waals surface area contributed by atoms with Crippen LogP contribution in [0.3, 0.4) is 0 Å². The molecule has 0 saturated heterocycles. The van der Waals surface area contributed by atoms with Crippen LogP contribution < -0.4 is 0 Å². The van der Waals surface area contributed by atoms with E-state index in [1.807, 2.05) is 0 Å². The molecule has 0 saturated carbocycles. The lowest BCUT2D eigenvalue weighted by atomic mass is 10.1. The van der Waals surface area contributed by atoms with Crippen LogP contribution in [0.2, 0.25) is 0 Å². The number of nitrogens with one attached hydrogen (secondary N) is 1. The summed E-state index contributed by atoms with van der Waals surface area (Å²) in [6, 6.07) is 0.328. The number of halogens is 4. The van der Waals surface area contributed by atoms with E-state index in [0.717, 1.165) is 4.90 Å². The highest BCUT2D eigenvalue weighted by Crippen LogP contribution is 2.20. The van der Waals surface area contributed by atoms with Gasteiger partial charge < -0.3 is 9.88 Å². The Morgan fingerprint density at radius 3 is 2.55 bits per heavy atom. The van der Waals surface area contributed by atoms with Gasteiger partial charge in [0.25, 0.3) is 5.91 Å². The van der Waals surface area contributed by atoms with Gasteiger partial charge in [-0.2, -0.15) is 0 Å². The number of aromatic amines is 1. The van der Waals surface area contributed by atoms with E-state index in [1.165, 1.54) is 19.4 Å². The van der Waals surface area contributed by atoms with Crippen molar-refractivity contribution in [1.29, 1.82) is 0 Å². The molecule has 4 nitrogen and oxygen atoms in total. The number of rotatable bonds is 3. The molecule has 0 fully saturated rings. The summed E-state index contributed by atoms with van der Waals surface area (Å²) in [5.74, 6) is -7.90. The molecule has 0 atom stereocenters. The number of imidazole rings is 1. The van der Waals surface area contributed by atoms with Crippen LogP contribution in [0.15, 0.2) is 18.5 Å². The largest absolute Gasteiger partial charge is 0.347 e. The van der Waals surface area contributed by atoms with Crippen molar-refractivity contribution >= 4 is 5.91 Å². The minimum absolute atomic E-state index is 0.0219. The van der Waals surface area contributed by atoms with E-state index >= 15 is 0 Å². The van der Waals surface area contributed by atoms with E-state index in [1.54, 1.807) is 0 Å². The molecule has 2 rings (SSSR count). The third kappa shape index (κ3) is 2.49. The van der Waals surface area contributed by atoms with Crippen molar-refractivity contribution in [2.75, 3.05) is 7.05 Å². The molecule has 0 aliphatic heterocycles. The number of aromatic nitrogens is 2. The maximum Gasteiger partial charge on any atom is 0.257 e. The van der Waals surface area contributed by atoms with Crippen molar-refractivity contribution in [3.63, 3.8) is 0 Å². The van der Waals surface area contributed by atoms with Gasteiger partial charge in [-0.25, -0.2) is 22.5 Å². The lowest BCUT2D eigenvalue weighted by Crippen LogP contribution is -2.28. The van der Waals surface area contributed by atoms with Crippen LogP contribution in [-0.2, 0) is 6.54 Å². The van der Waals surface area contributed by atoms with Crippen LogP contribution in [-0.4, -0.2) is 27.8 Å². The van der Waals surface area contributed by atoms with E-state index in [9.17, 15) is 22.4 Å². The van der Waals surface area contributed by atoms with Crippen molar-refractivity contribution in [2.45, 2.75) is 6.54 Å². The second kappa shape index (κ2) is 5.32. The number of amides is 1. The lowest BCUT2D eigenvalue weighted by molar-refractivity contribution is 0.0775. The summed E-state index contributed by atoms with van der Waals surface area (Å²) in [5, 5.41) is 0. The first kappa shape index (κ1) is 14.0. The summed E-state index contributed by atoms with van der Waals surface area (Å²) < 4.78 is 52.4. The van der Waals surface area contributed by atoms with Gasteiger partial charge in [0.15, 0.2) is 23.3 Å². The van der Waals surface area contributed by atoms with Gasteiger partial charge in [-0.1, -0.05) is 0 Å². The summed E-state index contributed by atoms with van der Waals surface area (Å²) in [6.45, 7) is -0.0219. The topological polar surface area (TPSA) is 49.0 Å².